The van der Waals surface area contributed by atoms with Gasteiger partial charge in [0.05, 0.1) is 30.4 Å². The van der Waals surface area contributed by atoms with E-state index < -0.39 is 17.7 Å². The average molecular weight is 517 g/mol. The van der Waals surface area contributed by atoms with E-state index in [0.29, 0.717) is 30.8 Å². The lowest BCUT2D eigenvalue weighted by molar-refractivity contribution is -0.147. The van der Waals surface area contributed by atoms with Crippen molar-refractivity contribution in [3.05, 3.63) is 69.8 Å². The normalized spacial score (nSPS) is 17.5. The lowest BCUT2D eigenvalue weighted by Crippen LogP contribution is -2.49. The largest absolute Gasteiger partial charge is 0.481 e. The first-order valence-electron chi connectivity index (χ1n) is 13.1. The number of hydrogen-bond donors (Lipinski definition) is 2. The van der Waals surface area contributed by atoms with Crippen molar-refractivity contribution in [2.75, 3.05) is 19.7 Å². The number of nitrogens with one attached hydrogen (secondary N) is 1. The lowest BCUT2D eigenvalue weighted by atomic mass is 9.81. The van der Waals surface area contributed by atoms with Crippen LogP contribution in [0.5, 0.6) is 0 Å². The number of rotatable bonds is 10. The van der Waals surface area contributed by atoms with Crippen molar-refractivity contribution >= 4 is 11.7 Å². The van der Waals surface area contributed by atoms with Gasteiger partial charge in [0, 0.05) is 19.6 Å². The molecule has 5 nitrogen and oxygen atoms in total. The number of likely N-dealkylation sites (tertiary alicyclic amines) is 1. The van der Waals surface area contributed by atoms with Crippen LogP contribution in [-0.4, -0.2) is 41.4 Å². The monoisotopic (exact) mass is 516 g/mol. The Labute approximate surface area is 216 Å². The first kappa shape index (κ1) is 27.3. The highest BCUT2D eigenvalue weighted by Gasteiger charge is 2.36. The van der Waals surface area contributed by atoms with Crippen molar-refractivity contribution in [2.45, 2.75) is 70.7 Å². The molecule has 2 fully saturated rings. The molecule has 37 heavy (non-hydrogen) atoms. The maximum absolute atomic E-state index is 13.8. The molecule has 0 bridgehead atoms. The maximum atomic E-state index is 13.8. The Morgan fingerprint density at radius 1 is 1.08 bits per heavy atom. The summed E-state index contributed by atoms with van der Waals surface area (Å²) in [5.74, 6) is -1.10. The van der Waals surface area contributed by atoms with Crippen LogP contribution in [0.4, 0.5) is 13.2 Å². The number of aryl methyl sites for hydroxylation is 1. The van der Waals surface area contributed by atoms with Crippen LogP contribution in [0.15, 0.2) is 36.4 Å². The number of aliphatic carboxylic acids is 1. The summed E-state index contributed by atoms with van der Waals surface area (Å²) in [7, 11) is 0. The summed E-state index contributed by atoms with van der Waals surface area (Å²) >= 11 is 0. The van der Waals surface area contributed by atoms with Crippen LogP contribution in [0.25, 0.3) is 0 Å². The Kier molecular flexibility index (Phi) is 8.70. The predicted octanol–water partition coefficient (Wildman–Crippen LogP) is 6.42. The van der Waals surface area contributed by atoms with E-state index >= 15 is 0 Å². The molecule has 200 valence electrons. The van der Waals surface area contributed by atoms with Crippen LogP contribution in [0.2, 0.25) is 0 Å². The molecule has 1 heterocycles. The minimum absolute atomic E-state index is 0.000640. The highest BCUT2D eigenvalue weighted by Crippen LogP contribution is 2.41. The Hall–Kier alpha value is -2.71. The van der Waals surface area contributed by atoms with Crippen molar-refractivity contribution in [3.8, 4) is 0 Å². The molecule has 2 aromatic carbocycles. The number of benzene rings is 2. The van der Waals surface area contributed by atoms with Crippen molar-refractivity contribution in [1.82, 2.24) is 4.90 Å². The van der Waals surface area contributed by atoms with Gasteiger partial charge in [0.15, 0.2) is 0 Å². The summed E-state index contributed by atoms with van der Waals surface area (Å²) in [6.45, 7) is 3.81. The summed E-state index contributed by atoms with van der Waals surface area (Å²) in [6, 6.07) is 10.3. The third-order valence-corrected chi connectivity index (χ3v) is 7.62. The first-order valence-corrected chi connectivity index (χ1v) is 13.1. The third-order valence-electron chi connectivity index (χ3n) is 7.62. The summed E-state index contributed by atoms with van der Waals surface area (Å²) < 4.78 is 47.1. The zero-order chi connectivity index (χ0) is 26.6. The van der Waals surface area contributed by atoms with Crippen molar-refractivity contribution in [3.63, 3.8) is 0 Å². The number of carboxylic acids is 1. The van der Waals surface area contributed by atoms with Gasteiger partial charge in [0.2, 0.25) is 0 Å². The molecule has 0 aromatic heterocycles. The van der Waals surface area contributed by atoms with E-state index in [9.17, 15) is 18.0 Å². The second kappa shape index (κ2) is 11.8. The molecular formula is C29H35F3N2O3. The van der Waals surface area contributed by atoms with Gasteiger partial charge in [-0.25, -0.2) is 0 Å². The molecule has 1 aliphatic heterocycles. The number of ether oxygens (including phenoxy) is 1. The molecule has 0 atom stereocenters. The smallest absolute Gasteiger partial charge is 0.416 e. The number of hydrogen-bond acceptors (Lipinski definition) is 4. The number of alkyl halides is 3. The van der Waals surface area contributed by atoms with E-state index in [1.165, 1.54) is 6.07 Å². The van der Waals surface area contributed by atoms with E-state index in [1.807, 2.05) is 25.1 Å². The molecule has 1 aliphatic carbocycles. The highest BCUT2D eigenvalue weighted by molar-refractivity contribution is 5.99. The molecular weight excluding hydrogens is 481 g/mol. The van der Waals surface area contributed by atoms with E-state index in [4.69, 9.17) is 15.3 Å². The van der Waals surface area contributed by atoms with Crippen LogP contribution < -0.4 is 0 Å². The maximum Gasteiger partial charge on any atom is 0.416 e. The molecule has 4 rings (SSSR count). The SMILES string of the molecule is CCc1cc(C(=N)COCc2ccc(C3CCCCC3)c(C(F)(F)F)c2)ccc1CN1CC(C(=O)O)C1. The van der Waals surface area contributed by atoms with Gasteiger partial charge in [-0.15, -0.1) is 0 Å². The van der Waals surface area contributed by atoms with Crippen LogP contribution in [0.3, 0.4) is 0 Å². The molecule has 2 N–H and O–H groups in total. The van der Waals surface area contributed by atoms with Crippen LogP contribution in [0, 0.1) is 11.3 Å². The van der Waals surface area contributed by atoms with Gasteiger partial charge >= 0.3 is 12.1 Å². The number of carbonyl (C=O) groups is 1. The van der Waals surface area contributed by atoms with Gasteiger partial charge < -0.3 is 15.3 Å². The Morgan fingerprint density at radius 3 is 2.46 bits per heavy atom. The third kappa shape index (κ3) is 6.79. The summed E-state index contributed by atoms with van der Waals surface area (Å²) in [5.41, 5.74) is 3.49. The standard InChI is InChI=1S/C29H35F3N2O3/c1-2-20-13-22(9-10-23(20)14-34-15-24(16-34)28(35)36)27(33)18-37-17-19-8-11-25(21-6-4-3-5-7-21)26(12-19)29(30,31)32/h8-13,21,24,33H,2-7,14-18H2,1H3,(H,35,36). The Morgan fingerprint density at radius 2 is 1.81 bits per heavy atom. The quantitative estimate of drug-likeness (QED) is 0.358. The van der Waals surface area contributed by atoms with Crippen LogP contribution >= 0.6 is 0 Å². The van der Waals surface area contributed by atoms with Crippen molar-refractivity contribution < 1.29 is 27.8 Å². The van der Waals surface area contributed by atoms with Crippen molar-refractivity contribution in [1.29, 1.82) is 5.41 Å². The molecule has 2 aromatic rings. The van der Waals surface area contributed by atoms with E-state index in [2.05, 4.69) is 4.90 Å². The predicted molar refractivity (Wildman–Crippen MR) is 136 cm³/mol. The molecule has 0 spiro atoms. The van der Waals surface area contributed by atoms with Gasteiger partial charge in [-0.05, 0) is 65.1 Å². The van der Waals surface area contributed by atoms with E-state index in [0.717, 1.165) is 55.2 Å². The number of carboxylic acid groups (broad SMARTS) is 1. The second-order valence-electron chi connectivity index (χ2n) is 10.3. The topological polar surface area (TPSA) is 73.6 Å². The number of halogens is 3. The Balaban J connectivity index is 1.35. The minimum Gasteiger partial charge on any atom is -0.481 e. The fourth-order valence-corrected chi connectivity index (χ4v) is 5.46. The Bertz CT molecular complexity index is 1120. The molecule has 1 saturated carbocycles. The first-order chi connectivity index (χ1) is 17.7. The van der Waals surface area contributed by atoms with Gasteiger partial charge in [-0.2, -0.15) is 13.2 Å². The van der Waals surface area contributed by atoms with E-state index in [1.54, 1.807) is 12.1 Å². The molecule has 1 saturated heterocycles. The zero-order valence-corrected chi connectivity index (χ0v) is 21.2. The van der Waals surface area contributed by atoms with E-state index in [-0.39, 0.29) is 30.8 Å². The fourth-order valence-electron chi connectivity index (χ4n) is 5.46. The summed E-state index contributed by atoms with van der Waals surface area (Å²) in [5, 5.41) is 17.5. The molecule has 8 heteroatoms. The molecule has 2 aliphatic rings. The molecule has 0 radical (unpaired) electrons. The highest BCUT2D eigenvalue weighted by atomic mass is 19.4. The number of nitrogens with zero attached hydrogens (tertiary/aromatic N) is 1. The van der Waals surface area contributed by atoms with Gasteiger partial charge in [0.25, 0.3) is 0 Å². The fraction of sp³-hybridized carbons (Fsp3) is 0.517. The summed E-state index contributed by atoms with van der Waals surface area (Å²) in [4.78, 5) is 13.1. The van der Waals surface area contributed by atoms with Crippen LogP contribution in [0.1, 0.15) is 78.3 Å². The second-order valence-corrected chi connectivity index (χ2v) is 10.3. The van der Waals surface area contributed by atoms with Gasteiger partial charge in [-0.3, -0.25) is 9.69 Å². The molecule has 0 amide bonds. The minimum atomic E-state index is -4.40. The van der Waals surface area contributed by atoms with Gasteiger partial charge in [0.1, 0.15) is 0 Å². The van der Waals surface area contributed by atoms with Gasteiger partial charge in [-0.1, -0.05) is 50.5 Å². The lowest BCUT2D eigenvalue weighted by Gasteiger charge is -2.37. The average Bonchev–Trinajstić information content (AvgIpc) is 2.85. The summed E-state index contributed by atoms with van der Waals surface area (Å²) in [6.07, 6.45) is 1.01. The zero-order valence-electron chi connectivity index (χ0n) is 21.2. The van der Waals surface area contributed by atoms with Crippen molar-refractivity contribution in [2.24, 2.45) is 5.92 Å². The molecule has 0 unspecified atom stereocenters. The van der Waals surface area contributed by atoms with Crippen LogP contribution in [-0.2, 0) is 35.3 Å².